The molecule has 0 aliphatic carbocycles. The summed E-state index contributed by atoms with van der Waals surface area (Å²) >= 11 is 1.43. The van der Waals surface area contributed by atoms with Crippen molar-refractivity contribution < 1.29 is 4.52 Å². The van der Waals surface area contributed by atoms with E-state index < -0.39 is 0 Å². The fraction of sp³-hybridized carbons (Fsp3) is 0.333. The largest absolute Gasteiger partial charge is 0.383 e. The molecule has 0 spiro atoms. The van der Waals surface area contributed by atoms with Crippen molar-refractivity contribution in [3.05, 3.63) is 17.8 Å². The molecule has 7 nitrogen and oxygen atoms in total. The Labute approximate surface area is 102 Å². The Hall–Kier alpha value is -1.83. The number of aromatic nitrogens is 4. The number of nitrogens with one attached hydrogen (secondary N) is 1. The van der Waals surface area contributed by atoms with Gasteiger partial charge in [-0.05, 0) is 6.26 Å². The van der Waals surface area contributed by atoms with Crippen molar-refractivity contribution in [1.82, 2.24) is 20.1 Å². The number of nitrogen functional groups attached to an aromatic ring is 1. The summed E-state index contributed by atoms with van der Waals surface area (Å²) in [6, 6.07) is 1.66. The van der Waals surface area contributed by atoms with E-state index in [-0.39, 0.29) is 0 Å². The summed E-state index contributed by atoms with van der Waals surface area (Å²) < 4.78 is 4.86. The molecule has 0 aliphatic rings. The van der Waals surface area contributed by atoms with E-state index in [1.807, 2.05) is 6.26 Å². The van der Waals surface area contributed by atoms with Crippen molar-refractivity contribution in [3.8, 4) is 0 Å². The van der Waals surface area contributed by atoms with E-state index in [4.69, 9.17) is 10.3 Å². The predicted octanol–water partition coefficient (Wildman–Crippen LogP) is 1.08. The van der Waals surface area contributed by atoms with Gasteiger partial charge >= 0.3 is 0 Å². The highest BCUT2D eigenvalue weighted by Crippen LogP contribution is 2.15. The summed E-state index contributed by atoms with van der Waals surface area (Å²) in [5, 5.41) is 7.45. The van der Waals surface area contributed by atoms with Crippen molar-refractivity contribution in [2.24, 2.45) is 0 Å². The van der Waals surface area contributed by atoms with Gasteiger partial charge in [0.05, 0.1) is 6.54 Å². The van der Waals surface area contributed by atoms with Crippen LogP contribution in [0.25, 0.3) is 0 Å². The summed E-state index contributed by atoms with van der Waals surface area (Å²) in [5.41, 5.74) is 5.65. The van der Waals surface area contributed by atoms with Gasteiger partial charge in [0.25, 0.3) is 0 Å². The van der Waals surface area contributed by atoms with Gasteiger partial charge in [-0.15, -0.1) is 0 Å². The van der Waals surface area contributed by atoms with Gasteiger partial charge in [-0.2, -0.15) is 4.98 Å². The molecule has 0 amide bonds. The van der Waals surface area contributed by atoms with Gasteiger partial charge in [-0.3, -0.25) is 0 Å². The lowest BCUT2D eigenvalue weighted by Gasteiger charge is -2.04. The van der Waals surface area contributed by atoms with Gasteiger partial charge in [0, 0.05) is 13.0 Å². The molecule has 0 unspecified atom stereocenters. The zero-order valence-electron chi connectivity index (χ0n) is 9.47. The smallest absolute Gasteiger partial charge is 0.223 e. The van der Waals surface area contributed by atoms with Crippen LogP contribution >= 0.6 is 11.8 Å². The second-order valence-electron chi connectivity index (χ2n) is 3.25. The van der Waals surface area contributed by atoms with Crippen LogP contribution in [0.3, 0.4) is 0 Å². The fourth-order valence-electron chi connectivity index (χ4n) is 1.21. The lowest BCUT2D eigenvalue weighted by molar-refractivity contribution is 0.388. The van der Waals surface area contributed by atoms with Crippen LogP contribution < -0.4 is 11.1 Å². The van der Waals surface area contributed by atoms with Crippen molar-refractivity contribution >= 4 is 23.4 Å². The highest BCUT2D eigenvalue weighted by Gasteiger charge is 2.04. The number of anilines is 2. The van der Waals surface area contributed by atoms with Crippen LogP contribution in [0.4, 0.5) is 11.6 Å². The van der Waals surface area contributed by atoms with Crippen LogP contribution in [0, 0.1) is 6.92 Å². The third-order valence-electron chi connectivity index (χ3n) is 1.91. The van der Waals surface area contributed by atoms with Gasteiger partial charge in [0.1, 0.15) is 11.6 Å². The molecule has 0 saturated heterocycles. The molecule has 0 aliphatic heterocycles. The molecule has 0 fully saturated rings. The van der Waals surface area contributed by atoms with Crippen LogP contribution in [-0.2, 0) is 6.54 Å². The molecule has 2 rings (SSSR count). The lowest BCUT2D eigenvalue weighted by Crippen LogP contribution is -2.05. The maximum Gasteiger partial charge on any atom is 0.223 e. The Balaban J connectivity index is 2.05. The molecule has 0 bridgehead atoms. The summed E-state index contributed by atoms with van der Waals surface area (Å²) in [6.07, 6.45) is 1.89. The summed E-state index contributed by atoms with van der Waals surface area (Å²) in [5.74, 6) is 2.18. The van der Waals surface area contributed by atoms with Crippen LogP contribution in [-0.4, -0.2) is 26.4 Å². The van der Waals surface area contributed by atoms with Gasteiger partial charge < -0.3 is 15.6 Å². The van der Waals surface area contributed by atoms with Gasteiger partial charge in [0.15, 0.2) is 11.0 Å². The molecule has 2 aromatic rings. The number of thioether (sulfide) groups is 1. The molecular weight excluding hydrogens is 240 g/mol. The van der Waals surface area contributed by atoms with Gasteiger partial charge in [0.2, 0.25) is 5.89 Å². The minimum atomic E-state index is 0.427. The standard InChI is InChI=1S/C9H12N6OS/c1-5-12-8(15-16-5)4-11-7-3-6(10)13-9(14-7)17-2/h3H,4H2,1-2H3,(H3,10,11,13,14). The van der Waals surface area contributed by atoms with Crippen molar-refractivity contribution in [3.63, 3.8) is 0 Å². The average molecular weight is 252 g/mol. The quantitative estimate of drug-likeness (QED) is 0.615. The highest BCUT2D eigenvalue weighted by atomic mass is 32.2. The van der Waals surface area contributed by atoms with E-state index in [0.717, 1.165) is 0 Å². The maximum absolute atomic E-state index is 5.65. The lowest BCUT2D eigenvalue weighted by atomic mass is 10.5. The number of nitrogens with zero attached hydrogens (tertiary/aromatic N) is 4. The Kier molecular flexibility index (Phi) is 3.43. The molecule has 0 atom stereocenters. The Bertz CT molecular complexity index is 514. The van der Waals surface area contributed by atoms with Gasteiger partial charge in [-0.1, -0.05) is 16.9 Å². The van der Waals surface area contributed by atoms with E-state index >= 15 is 0 Å². The van der Waals surface area contributed by atoms with E-state index in [9.17, 15) is 0 Å². The van der Waals surface area contributed by atoms with Crippen LogP contribution in [0.5, 0.6) is 0 Å². The SMILES string of the molecule is CSc1nc(N)cc(NCc2noc(C)n2)n1. The van der Waals surface area contributed by atoms with Crippen molar-refractivity contribution in [1.29, 1.82) is 0 Å². The molecule has 8 heteroatoms. The number of hydrogen-bond donors (Lipinski definition) is 2. The number of hydrogen-bond acceptors (Lipinski definition) is 8. The molecule has 0 radical (unpaired) electrons. The second kappa shape index (κ2) is 5.00. The first-order chi connectivity index (χ1) is 8.17. The Morgan fingerprint density at radius 2 is 2.24 bits per heavy atom. The van der Waals surface area contributed by atoms with Gasteiger partial charge in [-0.25, -0.2) is 9.97 Å². The first-order valence-corrected chi connectivity index (χ1v) is 6.11. The Morgan fingerprint density at radius 3 is 2.88 bits per heavy atom. The number of rotatable bonds is 4. The summed E-state index contributed by atoms with van der Waals surface area (Å²) in [4.78, 5) is 12.4. The zero-order valence-corrected chi connectivity index (χ0v) is 10.3. The molecule has 0 saturated carbocycles. The van der Waals surface area contributed by atoms with Crippen LogP contribution in [0.15, 0.2) is 15.7 Å². The summed E-state index contributed by atoms with van der Waals surface area (Å²) in [6.45, 7) is 2.17. The monoisotopic (exact) mass is 252 g/mol. The highest BCUT2D eigenvalue weighted by molar-refractivity contribution is 7.98. The maximum atomic E-state index is 5.65. The van der Waals surface area contributed by atoms with Crippen LogP contribution in [0.1, 0.15) is 11.7 Å². The first kappa shape index (κ1) is 11.6. The zero-order chi connectivity index (χ0) is 12.3. The minimum Gasteiger partial charge on any atom is -0.383 e. The van der Waals surface area contributed by atoms with E-state index in [2.05, 4.69) is 25.4 Å². The predicted molar refractivity (Wildman–Crippen MR) is 64.6 cm³/mol. The minimum absolute atomic E-state index is 0.427. The van der Waals surface area contributed by atoms with E-state index in [0.29, 0.717) is 35.1 Å². The number of aryl methyl sites for hydroxylation is 1. The van der Waals surface area contributed by atoms with Crippen molar-refractivity contribution in [2.45, 2.75) is 18.6 Å². The Morgan fingerprint density at radius 1 is 1.41 bits per heavy atom. The molecule has 90 valence electrons. The average Bonchev–Trinajstić information content (AvgIpc) is 2.72. The molecule has 2 heterocycles. The molecular formula is C9H12N6OS. The van der Waals surface area contributed by atoms with E-state index in [1.165, 1.54) is 11.8 Å². The third-order valence-corrected chi connectivity index (χ3v) is 2.45. The fourth-order valence-corrected chi connectivity index (χ4v) is 1.59. The summed E-state index contributed by atoms with van der Waals surface area (Å²) in [7, 11) is 0. The van der Waals surface area contributed by atoms with Crippen molar-refractivity contribution in [2.75, 3.05) is 17.3 Å². The van der Waals surface area contributed by atoms with Crippen LogP contribution in [0.2, 0.25) is 0 Å². The first-order valence-electron chi connectivity index (χ1n) is 4.89. The molecule has 17 heavy (non-hydrogen) atoms. The molecule has 2 aromatic heterocycles. The third kappa shape index (κ3) is 3.06. The normalized spacial score (nSPS) is 10.5. The van der Waals surface area contributed by atoms with E-state index in [1.54, 1.807) is 13.0 Å². The topological polar surface area (TPSA) is 103 Å². The molecule has 3 N–H and O–H groups in total. The molecule has 0 aromatic carbocycles. The second-order valence-corrected chi connectivity index (χ2v) is 4.02. The number of nitrogens with two attached hydrogens (primary N) is 1.